The van der Waals surface area contributed by atoms with Gasteiger partial charge in [-0.15, -0.1) is 0 Å². The third-order valence-corrected chi connectivity index (χ3v) is 3.55. The Labute approximate surface area is 125 Å². The predicted octanol–water partition coefficient (Wildman–Crippen LogP) is 0.481. The van der Waals surface area contributed by atoms with Crippen LogP contribution in [0.5, 0.6) is 0 Å². The van der Waals surface area contributed by atoms with Gasteiger partial charge < -0.3 is 20.7 Å². The molecule has 1 saturated heterocycles. The lowest BCUT2D eigenvalue weighted by molar-refractivity contribution is -0.142. The highest BCUT2D eigenvalue weighted by Gasteiger charge is 2.33. The molecule has 21 heavy (non-hydrogen) atoms. The molecule has 1 fully saturated rings. The van der Waals surface area contributed by atoms with Crippen LogP contribution in [0.15, 0.2) is 0 Å². The summed E-state index contributed by atoms with van der Waals surface area (Å²) in [5, 5.41) is 2.92. The minimum Gasteiger partial charge on any atom is -0.469 e. The van der Waals surface area contributed by atoms with E-state index >= 15 is 0 Å². The number of primary amides is 1. The van der Waals surface area contributed by atoms with Gasteiger partial charge in [0, 0.05) is 24.5 Å². The number of carbonyl (C=O) groups is 3. The number of likely N-dealkylation sites (tertiary alicyclic amines) is 1. The highest BCUT2D eigenvalue weighted by molar-refractivity contribution is 5.81. The van der Waals surface area contributed by atoms with E-state index in [2.05, 4.69) is 10.1 Å². The van der Waals surface area contributed by atoms with Gasteiger partial charge in [0.2, 0.25) is 5.91 Å². The Bertz CT molecular complexity index is 417. The van der Waals surface area contributed by atoms with Crippen molar-refractivity contribution >= 4 is 17.9 Å². The van der Waals surface area contributed by atoms with E-state index in [-0.39, 0.29) is 30.3 Å². The number of amides is 3. The van der Waals surface area contributed by atoms with Crippen LogP contribution in [-0.2, 0) is 14.3 Å². The van der Waals surface area contributed by atoms with Crippen molar-refractivity contribution in [2.24, 2.45) is 17.1 Å². The second-order valence-electron chi connectivity index (χ2n) is 6.55. The Kier molecular flexibility index (Phi) is 5.57. The van der Waals surface area contributed by atoms with Crippen LogP contribution in [0.25, 0.3) is 0 Å². The van der Waals surface area contributed by atoms with E-state index < -0.39 is 11.4 Å². The zero-order valence-electron chi connectivity index (χ0n) is 13.1. The average Bonchev–Trinajstić information content (AvgIpc) is 2.37. The molecule has 0 spiro atoms. The largest absolute Gasteiger partial charge is 0.469 e. The summed E-state index contributed by atoms with van der Waals surface area (Å²) in [6.07, 6.45) is 0.836. The molecule has 1 heterocycles. The molecule has 3 amide bonds. The van der Waals surface area contributed by atoms with Crippen molar-refractivity contribution < 1.29 is 19.1 Å². The summed E-state index contributed by atoms with van der Waals surface area (Å²) in [6.45, 7) is 6.25. The lowest BCUT2D eigenvalue weighted by atomic mass is 9.89. The zero-order chi connectivity index (χ0) is 16.2. The molecule has 7 nitrogen and oxygen atoms in total. The van der Waals surface area contributed by atoms with Gasteiger partial charge in [0.25, 0.3) is 0 Å². The number of carbonyl (C=O) groups excluding carboxylic acids is 3. The van der Waals surface area contributed by atoms with Gasteiger partial charge in [-0.25, -0.2) is 4.79 Å². The highest BCUT2D eigenvalue weighted by atomic mass is 16.5. The molecule has 1 aliphatic heterocycles. The maximum absolute atomic E-state index is 12.1. The van der Waals surface area contributed by atoms with Gasteiger partial charge in [0.1, 0.15) is 0 Å². The molecule has 0 aromatic rings. The molecule has 0 radical (unpaired) electrons. The van der Waals surface area contributed by atoms with Crippen LogP contribution in [-0.4, -0.2) is 49.0 Å². The number of nitrogens with zero attached hydrogens (tertiary/aromatic N) is 1. The van der Waals surface area contributed by atoms with Crippen molar-refractivity contribution in [3.63, 3.8) is 0 Å². The van der Waals surface area contributed by atoms with E-state index in [0.29, 0.717) is 19.5 Å². The maximum Gasteiger partial charge on any atom is 0.314 e. The topological polar surface area (TPSA) is 102 Å². The summed E-state index contributed by atoms with van der Waals surface area (Å²) in [7, 11) is 1.33. The Morgan fingerprint density at radius 1 is 1.29 bits per heavy atom. The van der Waals surface area contributed by atoms with Crippen molar-refractivity contribution in [3.8, 4) is 0 Å². The van der Waals surface area contributed by atoms with E-state index in [9.17, 15) is 14.4 Å². The minimum atomic E-state index is -0.542. The normalized spacial score (nSPS) is 22.6. The van der Waals surface area contributed by atoms with Crippen molar-refractivity contribution in [3.05, 3.63) is 0 Å². The summed E-state index contributed by atoms with van der Waals surface area (Å²) in [6, 6.07) is -0.743. The molecule has 1 aliphatic rings. The van der Waals surface area contributed by atoms with E-state index in [1.54, 1.807) is 0 Å². The number of methoxy groups -OCH3 is 1. The molecule has 0 aromatic heterocycles. The fourth-order valence-electron chi connectivity index (χ4n) is 2.36. The van der Waals surface area contributed by atoms with Crippen LogP contribution in [0, 0.1) is 11.3 Å². The van der Waals surface area contributed by atoms with Gasteiger partial charge >= 0.3 is 12.0 Å². The first-order chi connectivity index (χ1) is 9.63. The molecule has 1 rings (SSSR count). The van der Waals surface area contributed by atoms with E-state index in [4.69, 9.17) is 5.73 Å². The fourth-order valence-corrected chi connectivity index (χ4v) is 2.36. The summed E-state index contributed by atoms with van der Waals surface area (Å²) < 4.78 is 4.66. The first-order valence-electron chi connectivity index (χ1n) is 7.05. The molecular weight excluding hydrogens is 274 g/mol. The van der Waals surface area contributed by atoms with Crippen molar-refractivity contribution in [2.45, 2.75) is 39.7 Å². The average molecular weight is 299 g/mol. The molecule has 0 aromatic carbocycles. The number of ether oxygens (including phenoxy) is 1. The van der Waals surface area contributed by atoms with Gasteiger partial charge in [-0.3, -0.25) is 9.59 Å². The van der Waals surface area contributed by atoms with E-state index in [0.717, 1.165) is 0 Å². The lowest BCUT2D eigenvalue weighted by Crippen LogP contribution is -2.55. The standard InChI is InChI=1S/C14H25N3O4/c1-14(2,3)12(19)16-10-5-9(6-11(18)21-4)7-17(8-10)13(15)20/h9-10H,5-8H2,1-4H3,(H2,15,20)(H,16,19). The highest BCUT2D eigenvalue weighted by Crippen LogP contribution is 2.22. The molecule has 2 unspecified atom stereocenters. The van der Waals surface area contributed by atoms with Gasteiger partial charge in [-0.2, -0.15) is 0 Å². The number of hydrogen-bond donors (Lipinski definition) is 2. The van der Waals surface area contributed by atoms with Gasteiger partial charge in [-0.05, 0) is 12.3 Å². The first-order valence-corrected chi connectivity index (χ1v) is 7.05. The Morgan fingerprint density at radius 3 is 2.38 bits per heavy atom. The number of nitrogens with one attached hydrogen (secondary N) is 1. The zero-order valence-corrected chi connectivity index (χ0v) is 13.1. The Morgan fingerprint density at radius 2 is 1.90 bits per heavy atom. The lowest BCUT2D eigenvalue weighted by Gasteiger charge is -2.37. The molecule has 0 bridgehead atoms. The molecule has 2 atom stereocenters. The molecule has 120 valence electrons. The minimum absolute atomic E-state index is 0.0658. The number of piperidine rings is 1. The smallest absolute Gasteiger partial charge is 0.314 e. The van der Waals surface area contributed by atoms with Gasteiger partial charge in [0.15, 0.2) is 0 Å². The predicted molar refractivity (Wildman–Crippen MR) is 77.3 cm³/mol. The third-order valence-electron chi connectivity index (χ3n) is 3.55. The summed E-state index contributed by atoms with van der Waals surface area (Å²) in [5.41, 5.74) is 4.82. The summed E-state index contributed by atoms with van der Waals surface area (Å²) >= 11 is 0. The van der Waals surface area contributed by atoms with Crippen LogP contribution in [0.1, 0.15) is 33.6 Å². The second-order valence-corrected chi connectivity index (χ2v) is 6.55. The van der Waals surface area contributed by atoms with Crippen LogP contribution in [0.4, 0.5) is 4.79 Å². The number of esters is 1. The van der Waals surface area contributed by atoms with Crippen LogP contribution in [0.2, 0.25) is 0 Å². The van der Waals surface area contributed by atoms with Gasteiger partial charge in [0.05, 0.1) is 13.5 Å². The first kappa shape index (κ1) is 17.3. The quantitative estimate of drug-likeness (QED) is 0.740. The molecule has 3 N–H and O–H groups in total. The molecule has 0 saturated carbocycles. The second kappa shape index (κ2) is 6.78. The number of hydrogen-bond acceptors (Lipinski definition) is 4. The van der Waals surface area contributed by atoms with E-state index in [1.165, 1.54) is 12.0 Å². The van der Waals surface area contributed by atoms with E-state index in [1.807, 2.05) is 20.8 Å². The third kappa shape index (κ3) is 5.24. The number of rotatable bonds is 3. The molecule has 7 heteroatoms. The summed E-state index contributed by atoms with van der Waals surface area (Å²) in [5.74, 6) is -0.480. The van der Waals surface area contributed by atoms with Crippen molar-refractivity contribution in [1.29, 1.82) is 0 Å². The van der Waals surface area contributed by atoms with Crippen molar-refractivity contribution in [2.75, 3.05) is 20.2 Å². The number of nitrogens with two attached hydrogens (primary N) is 1. The van der Waals surface area contributed by atoms with Crippen molar-refractivity contribution in [1.82, 2.24) is 10.2 Å². The maximum atomic E-state index is 12.1. The molecule has 0 aliphatic carbocycles. The Balaban J connectivity index is 2.72. The fraction of sp³-hybridized carbons (Fsp3) is 0.786. The summed E-state index contributed by atoms with van der Waals surface area (Å²) in [4.78, 5) is 36.3. The van der Waals surface area contributed by atoms with Crippen LogP contribution >= 0.6 is 0 Å². The molecular formula is C14H25N3O4. The van der Waals surface area contributed by atoms with Crippen LogP contribution < -0.4 is 11.1 Å². The van der Waals surface area contributed by atoms with Gasteiger partial charge in [-0.1, -0.05) is 20.8 Å². The van der Waals surface area contributed by atoms with Crippen LogP contribution in [0.3, 0.4) is 0 Å². The monoisotopic (exact) mass is 299 g/mol. The SMILES string of the molecule is COC(=O)CC1CC(NC(=O)C(C)(C)C)CN(C(N)=O)C1. The number of urea groups is 1. The Hall–Kier alpha value is -1.79.